The summed E-state index contributed by atoms with van der Waals surface area (Å²) in [6.07, 6.45) is 6.24. The molecule has 110 valence electrons. The fraction of sp³-hybridized carbons (Fsp3) is 0.471. The molecule has 2 nitrogen and oxygen atoms in total. The summed E-state index contributed by atoms with van der Waals surface area (Å²) in [4.78, 5) is 15.1. The van der Waals surface area contributed by atoms with Crippen LogP contribution < -0.4 is 5.32 Å². The van der Waals surface area contributed by atoms with Crippen LogP contribution in [0.2, 0.25) is 0 Å². The highest BCUT2D eigenvalue weighted by atomic mass is 32.1. The lowest BCUT2D eigenvalue weighted by atomic mass is 10.0. The number of nitrogens with one attached hydrogen (secondary N) is 1. The first-order chi connectivity index (χ1) is 10.3. The molecule has 0 radical (unpaired) electrons. The second kappa shape index (κ2) is 5.25. The zero-order chi connectivity index (χ0) is 14.3. The molecule has 2 heterocycles. The average molecular weight is 317 g/mol. The third-order valence-electron chi connectivity index (χ3n) is 5.05. The van der Waals surface area contributed by atoms with E-state index in [2.05, 4.69) is 40.3 Å². The molecule has 2 aliphatic rings. The fourth-order valence-corrected chi connectivity index (χ4v) is 5.45. The summed E-state index contributed by atoms with van der Waals surface area (Å²) < 4.78 is 0. The van der Waals surface area contributed by atoms with Crippen LogP contribution in [0.4, 0.5) is 0 Å². The van der Waals surface area contributed by atoms with Gasteiger partial charge in [-0.25, -0.2) is 0 Å². The lowest BCUT2D eigenvalue weighted by Gasteiger charge is -2.17. The second-order valence-corrected chi connectivity index (χ2v) is 8.26. The standard InChI is InChI=1S/C17H19NOS2/c19-16(12-11-17(12)7-1-2-8-17)18-15(13-5-3-9-20-13)14-6-4-10-21-14/h3-6,9-10,12,15H,1-2,7-8,11H2,(H,18,19). The number of thiophene rings is 2. The van der Waals surface area contributed by atoms with Gasteiger partial charge < -0.3 is 5.32 Å². The zero-order valence-corrected chi connectivity index (χ0v) is 13.5. The van der Waals surface area contributed by atoms with Crippen molar-refractivity contribution in [3.05, 3.63) is 44.8 Å². The minimum absolute atomic E-state index is 0.0385. The Balaban J connectivity index is 1.52. The van der Waals surface area contributed by atoms with Crippen LogP contribution in [0.15, 0.2) is 35.0 Å². The van der Waals surface area contributed by atoms with Crippen LogP contribution >= 0.6 is 22.7 Å². The molecule has 2 aromatic heterocycles. The van der Waals surface area contributed by atoms with Crippen LogP contribution in [0.5, 0.6) is 0 Å². The number of carbonyl (C=O) groups is 1. The Morgan fingerprint density at radius 1 is 1.14 bits per heavy atom. The van der Waals surface area contributed by atoms with Crippen LogP contribution in [0.3, 0.4) is 0 Å². The van der Waals surface area contributed by atoms with Crippen molar-refractivity contribution in [3.8, 4) is 0 Å². The molecular formula is C17H19NOS2. The molecule has 2 fully saturated rings. The van der Waals surface area contributed by atoms with Crippen molar-refractivity contribution >= 4 is 28.6 Å². The zero-order valence-electron chi connectivity index (χ0n) is 11.9. The molecule has 0 saturated heterocycles. The third kappa shape index (κ3) is 2.44. The first kappa shape index (κ1) is 13.5. The van der Waals surface area contributed by atoms with E-state index < -0.39 is 0 Å². The van der Waals surface area contributed by atoms with Crippen LogP contribution in [-0.2, 0) is 4.79 Å². The minimum Gasteiger partial charge on any atom is -0.343 e. The Morgan fingerprint density at radius 3 is 2.29 bits per heavy atom. The molecule has 0 bridgehead atoms. The maximum atomic E-state index is 12.7. The van der Waals surface area contributed by atoms with Gasteiger partial charge in [0, 0.05) is 15.7 Å². The summed E-state index contributed by atoms with van der Waals surface area (Å²) in [5, 5.41) is 7.48. The highest BCUT2D eigenvalue weighted by Gasteiger charge is 2.58. The second-order valence-electron chi connectivity index (χ2n) is 6.30. The Kier molecular flexibility index (Phi) is 3.38. The predicted octanol–water partition coefficient (Wildman–Crippen LogP) is 4.60. The quantitative estimate of drug-likeness (QED) is 0.877. The summed E-state index contributed by atoms with van der Waals surface area (Å²) in [7, 11) is 0. The molecule has 2 aliphatic carbocycles. The molecule has 1 unspecified atom stereocenters. The van der Waals surface area contributed by atoms with E-state index in [1.807, 2.05) is 0 Å². The molecule has 1 atom stereocenters. The Hall–Kier alpha value is -1.13. The molecule has 21 heavy (non-hydrogen) atoms. The topological polar surface area (TPSA) is 29.1 Å². The van der Waals surface area contributed by atoms with Crippen LogP contribution in [0.1, 0.15) is 47.9 Å². The molecule has 4 heteroatoms. The summed E-state index contributed by atoms with van der Waals surface area (Å²) in [6, 6.07) is 8.39. The molecule has 1 spiro atoms. The van der Waals surface area contributed by atoms with Crippen LogP contribution in [-0.4, -0.2) is 5.91 Å². The van der Waals surface area contributed by atoms with Gasteiger partial charge in [-0.1, -0.05) is 25.0 Å². The molecule has 2 saturated carbocycles. The summed E-state index contributed by atoms with van der Waals surface area (Å²) >= 11 is 3.44. The van der Waals surface area contributed by atoms with E-state index in [4.69, 9.17) is 0 Å². The van der Waals surface area contributed by atoms with Gasteiger partial charge in [0.05, 0.1) is 6.04 Å². The molecule has 0 aromatic carbocycles. The SMILES string of the molecule is O=C(NC(c1cccs1)c1cccs1)C1CC12CCCC2. The largest absolute Gasteiger partial charge is 0.343 e. The summed E-state index contributed by atoms with van der Waals surface area (Å²) in [5.41, 5.74) is 0.375. The van der Waals surface area contributed by atoms with E-state index in [9.17, 15) is 4.79 Å². The van der Waals surface area contributed by atoms with Gasteiger partial charge in [0.25, 0.3) is 0 Å². The maximum Gasteiger partial charge on any atom is 0.224 e. The lowest BCUT2D eigenvalue weighted by molar-refractivity contribution is -0.123. The van der Waals surface area contributed by atoms with Crippen LogP contribution in [0, 0.1) is 11.3 Å². The number of rotatable bonds is 4. The number of carbonyl (C=O) groups excluding carboxylic acids is 1. The summed E-state index contributed by atoms with van der Waals surface area (Å²) in [5.74, 6) is 0.533. The molecular weight excluding hydrogens is 298 g/mol. The van der Waals surface area contributed by atoms with Gasteiger partial charge in [0.2, 0.25) is 5.91 Å². The average Bonchev–Trinajstić information content (AvgIpc) is 3.02. The van der Waals surface area contributed by atoms with E-state index in [1.165, 1.54) is 35.4 Å². The van der Waals surface area contributed by atoms with Crippen molar-refractivity contribution in [1.82, 2.24) is 5.32 Å². The van der Waals surface area contributed by atoms with E-state index in [0.29, 0.717) is 5.41 Å². The van der Waals surface area contributed by atoms with Gasteiger partial charge in [-0.2, -0.15) is 0 Å². The molecule has 2 aromatic rings. The maximum absolute atomic E-state index is 12.7. The molecule has 1 amide bonds. The van der Waals surface area contributed by atoms with Gasteiger partial charge in [-0.05, 0) is 47.6 Å². The van der Waals surface area contributed by atoms with E-state index in [-0.39, 0.29) is 17.9 Å². The third-order valence-corrected chi connectivity index (χ3v) is 6.92. The minimum atomic E-state index is 0.0385. The van der Waals surface area contributed by atoms with Gasteiger partial charge in [-0.3, -0.25) is 4.79 Å². The predicted molar refractivity (Wildman–Crippen MR) is 87.6 cm³/mol. The van der Waals surface area contributed by atoms with Gasteiger partial charge in [-0.15, -0.1) is 22.7 Å². The first-order valence-electron chi connectivity index (χ1n) is 7.66. The monoisotopic (exact) mass is 317 g/mol. The van der Waals surface area contributed by atoms with E-state index in [1.54, 1.807) is 22.7 Å². The Labute approximate surface area is 133 Å². The van der Waals surface area contributed by atoms with Crippen molar-refractivity contribution in [2.75, 3.05) is 0 Å². The molecule has 4 rings (SSSR count). The lowest BCUT2D eigenvalue weighted by Crippen LogP contribution is -2.31. The van der Waals surface area contributed by atoms with Crippen molar-refractivity contribution in [3.63, 3.8) is 0 Å². The Morgan fingerprint density at radius 2 is 1.76 bits per heavy atom. The van der Waals surface area contributed by atoms with Crippen molar-refractivity contribution in [2.24, 2.45) is 11.3 Å². The van der Waals surface area contributed by atoms with Crippen LogP contribution in [0.25, 0.3) is 0 Å². The van der Waals surface area contributed by atoms with Crippen molar-refractivity contribution in [1.29, 1.82) is 0 Å². The first-order valence-corrected chi connectivity index (χ1v) is 9.42. The normalized spacial score (nSPS) is 22.8. The van der Waals surface area contributed by atoms with Crippen molar-refractivity contribution < 1.29 is 4.79 Å². The number of hydrogen-bond donors (Lipinski definition) is 1. The highest BCUT2D eigenvalue weighted by molar-refractivity contribution is 7.11. The molecule has 1 N–H and O–H groups in total. The van der Waals surface area contributed by atoms with Crippen molar-refractivity contribution in [2.45, 2.75) is 38.1 Å². The van der Waals surface area contributed by atoms with E-state index in [0.717, 1.165) is 6.42 Å². The highest BCUT2D eigenvalue weighted by Crippen LogP contribution is 2.63. The van der Waals surface area contributed by atoms with Gasteiger partial charge >= 0.3 is 0 Å². The fourth-order valence-electron chi connectivity index (χ4n) is 3.79. The Bertz CT molecular complexity index is 577. The van der Waals surface area contributed by atoms with Gasteiger partial charge in [0.1, 0.15) is 0 Å². The van der Waals surface area contributed by atoms with E-state index >= 15 is 0 Å². The molecule has 0 aliphatic heterocycles. The number of amides is 1. The smallest absolute Gasteiger partial charge is 0.224 e. The number of hydrogen-bond acceptors (Lipinski definition) is 3. The summed E-state index contributed by atoms with van der Waals surface area (Å²) in [6.45, 7) is 0. The van der Waals surface area contributed by atoms with Gasteiger partial charge in [0.15, 0.2) is 0 Å².